The molecule has 0 aliphatic heterocycles. The van der Waals surface area contributed by atoms with Crippen LogP contribution in [0.4, 0.5) is 17.1 Å². The molecule has 5 N–H and O–H groups in total. The fraction of sp³-hybridized carbons (Fsp3) is 0.222. The van der Waals surface area contributed by atoms with E-state index in [1.807, 2.05) is 25.1 Å². The van der Waals surface area contributed by atoms with Crippen LogP contribution in [0.5, 0.6) is 0 Å². The molecule has 1 atom stereocenters. The van der Waals surface area contributed by atoms with Crippen LogP contribution in [0.15, 0.2) is 66.7 Å². The van der Waals surface area contributed by atoms with Crippen molar-refractivity contribution in [1.29, 1.82) is 0 Å². The maximum atomic E-state index is 12.9. The van der Waals surface area contributed by atoms with Crippen molar-refractivity contribution in [1.82, 2.24) is 5.32 Å². The molecule has 0 spiro atoms. The predicted octanol–water partition coefficient (Wildman–Crippen LogP) is 3.81. The summed E-state index contributed by atoms with van der Waals surface area (Å²) >= 11 is 6.44. The van der Waals surface area contributed by atoms with E-state index < -0.39 is 18.6 Å². The number of carbonyl (C=O) groups excluding carboxylic acids is 3. The van der Waals surface area contributed by atoms with Gasteiger partial charge in [0.15, 0.2) is 5.78 Å². The molecule has 0 bridgehead atoms. The average Bonchev–Trinajstić information content (AvgIpc) is 2.87. The first-order chi connectivity index (χ1) is 17.3. The van der Waals surface area contributed by atoms with E-state index in [0.717, 1.165) is 5.56 Å². The summed E-state index contributed by atoms with van der Waals surface area (Å²) in [5.41, 5.74) is 3.59. The molecule has 2 amide bonds. The maximum absolute atomic E-state index is 12.9. The van der Waals surface area contributed by atoms with Gasteiger partial charge in [-0.1, -0.05) is 48.0 Å². The second kappa shape index (κ2) is 12.8. The van der Waals surface area contributed by atoms with E-state index >= 15 is 0 Å². The van der Waals surface area contributed by atoms with Crippen molar-refractivity contribution in [3.63, 3.8) is 0 Å². The maximum Gasteiger partial charge on any atom is 0.224 e. The molecule has 0 aliphatic carbocycles. The van der Waals surface area contributed by atoms with Crippen LogP contribution in [0.2, 0.25) is 5.02 Å². The van der Waals surface area contributed by atoms with E-state index in [1.165, 1.54) is 0 Å². The number of nitrogens with one attached hydrogen (secondary N) is 3. The van der Waals surface area contributed by atoms with Gasteiger partial charge in [-0.15, -0.1) is 0 Å². The van der Waals surface area contributed by atoms with Crippen LogP contribution >= 0.6 is 11.6 Å². The first-order valence-electron chi connectivity index (χ1n) is 11.4. The normalized spacial score (nSPS) is 11.4. The Bertz CT molecular complexity index is 1250. The number of aryl methyl sites for hydroxylation is 1. The summed E-state index contributed by atoms with van der Waals surface area (Å²) in [6.07, 6.45) is -1.16. The standard InChI is InChI=1S/C27H28ClN3O5/c1-17-6-2-3-7-20(17)27(36)21-11-10-18(14-22(21)28)30-23-8-4-5-9-24(23)31-26(35)13-12-25(34)29-15-19(33)16-32/h2-11,14,19,30,32-33H,12-13,15-16H2,1H3,(H,29,34)(H,31,35). The zero-order chi connectivity index (χ0) is 26.1. The Morgan fingerprint density at radius 2 is 1.56 bits per heavy atom. The minimum Gasteiger partial charge on any atom is -0.394 e. The number of aliphatic hydroxyl groups is 2. The number of amides is 2. The summed E-state index contributed by atoms with van der Waals surface area (Å²) in [6, 6.07) is 19.4. The lowest BCUT2D eigenvalue weighted by molar-refractivity contribution is -0.124. The minimum absolute atomic E-state index is 0.0586. The van der Waals surface area contributed by atoms with Gasteiger partial charge in [-0.2, -0.15) is 0 Å². The molecule has 0 fully saturated rings. The molecule has 0 saturated carbocycles. The summed E-state index contributed by atoms with van der Waals surface area (Å²) in [5.74, 6) is -0.925. The second-order valence-electron chi connectivity index (χ2n) is 8.20. The SMILES string of the molecule is Cc1ccccc1C(=O)c1ccc(Nc2ccccc2NC(=O)CCC(=O)NCC(O)CO)cc1Cl. The highest BCUT2D eigenvalue weighted by atomic mass is 35.5. The van der Waals surface area contributed by atoms with E-state index in [0.29, 0.717) is 33.2 Å². The third kappa shape index (κ3) is 7.39. The second-order valence-corrected chi connectivity index (χ2v) is 8.61. The van der Waals surface area contributed by atoms with Crippen LogP contribution in [0.25, 0.3) is 0 Å². The van der Waals surface area contributed by atoms with Crippen molar-refractivity contribution in [2.75, 3.05) is 23.8 Å². The lowest BCUT2D eigenvalue weighted by Gasteiger charge is -2.14. The number of hydrogen-bond acceptors (Lipinski definition) is 6. The van der Waals surface area contributed by atoms with Gasteiger partial charge in [-0.05, 0) is 42.8 Å². The monoisotopic (exact) mass is 509 g/mol. The van der Waals surface area contributed by atoms with Crippen LogP contribution in [0, 0.1) is 6.92 Å². The first kappa shape index (κ1) is 26.9. The van der Waals surface area contributed by atoms with Gasteiger partial charge in [0.2, 0.25) is 11.8 Å². The molecular weight excluding hydrogens is 482 g/mol. The summed E-state index contributed by atoms with van der Waals surface area (Å²) in [7, 11) is 0. The number of hydrogen-bond donors (Lipinski definition) is 5. The Morgan fingerprint density at radius 1 is 0.889 bits per heavy atom. The summed E-state index contributed by atoms with van der Waals surface area (Å²) in [6.45, 7) is 1.33. The highest BCUT2D eigenvalue weighted by Gasteiger charge is 2.16. The van der Waals surface area contributed by atoms with Gasteiger partial charge in [0.05, 0.1) is 29.1 Å². The Balaban J connectivity index is 1.64. The van der Waals surface area contributed by atoms with E-state index in [4.69, 9.17) is 16.7 Å². The number of aliphatic hydroxyl groups excluding tert-OH is 2. The molecule has 0 heterocycles. The first-order valence-corrected chi connectivity index (χ1v) is 11.8. The molecule has 36 heavy (non-hydrogen) atoms. The smallest absolute Gasteiger partial charge is 0.224 e. The molecule has 3 aromatic rings. The zero-order valence-electron chi connectivity index (χ0n) is 19.8. The van der Waals surface area contributed by atoms with E-state index in [9.17, 15) is 19.5 Å². The third-order valence-electron chi connectivity index (χ3n) is 5.41. The zero-order valence-corrected chi connectivity index (χ0v) is 20.5. The van der Waals surface area contributed by atoms with Gasteiger partial charge in [0, 0.05) is 36.2 Å². The summed E-state index contributed by atoms with van der Waals surface area (Å²) in [4.78, 5) is 37.1. The molecule has 8 nitrogen and oxygen atoms in total. The Labute approximate surface area is 214 Å². The lowest BCUT2D eigenvalue weighted by Crippen LogP contribution is -2.34. The lowest BCUT2D eigenvalue weighted by atomic mass is 9.99. The fourth-order valence-corrected chi connectivity index (χ4v) is 3.70. The van der Waals surface area contributed by atoms with Gasteiger partial charge in [-0.3, -0.25) is 14.4 Å². The van der Waals surface area contributed by atoms with Crippen molar-refractivity contribution in [2.24, 2.45) is 0 Å². The van der Waals surface area contributed by atoms with Crippen LogP contribution in [0.1, 0.15) is 34.3 Å². The van der Waals surface area contributed by atoms with Crippen molar-refractivity contribution in [3.05, 3.63) is 88.4 Å². The number of carbonyl (C=O) groups is 3. The van der Waals surface area contributed by atoms with Crippen LogP contribution in [-0.2, 0) is 9.59 Å². The van der Waals surface area contributed by atoms with Crippen molar-refractivity contribution in [3.8, 4) is 0 Å². The average molecular weight is 510 g/mol. The molecule has 0 aliphatic rings. The molecule has 3 aromatic carbocycles. The molecule has 188 valence electrons. The molecule has 1 unspecified atom stereocenters. The quantitative estimate of drug-likeness (QED) is 0.250. The van der Waals surface area contributed by atoms with E-state index in [1.54, 1.807) is 48.5 Å². The van der Waals surface area contributed by atoms with Crippen molar-refractivity contribution in [2.45, 2.75) is 25.9 Å². The topological polar surface area (TPSA) is 128 Å². The van der Waals surface area contributed by atoms with Crippen molar-refractivity contribution >= 4 is 46.3 Å². The molecule has 9 heteroatoms. The molecule has 0 aromatic heterocycles. The van der Waals surface area contributed by atoms with Crippen molar-refractivity contribution < 1.29 is 24.6 Å². The minimum atomic E-state index is -1.04. The highest BCUT2D eigenvalue weighted by Crippen LogP contribution is 2.29. The largest absolute Gasteiger partial charge is 0.394 e. The van der Waals surface area contributed by atoms with Crippen LogP contribution < -0.4 is 16.0 Å². The molecule has 3 rings (SSSR count). The molecular formula is C27H28ClN3O5. The van der Waals surface area contributed by atoms with Crippen LogP contribution in [0.3, 0.4) is 0 Å². The summed E-state index contributed by atoms with van der Waals surface area (Å²) in [5, 5.41) is 26.8. The van der Waals surface area contributed by atoms with Gasteiger partial charge in [0.1, 0.15) is 0 Å². The van der Waals surface area contributed by atoms with E-state index in [2.05, 4.69) is 16.0 Å². The number of halogens is 1. The van der Waals surface area contributed by atoms with E-state index in [-0.39, 0.29) is 31.1 Å². The number of benzene rings is 3. The Hall–Kier alpha value is -3.72. The molecule has 0 radical (unpaired) electrons. The van der Waals surface area contributed by atoms with Gasteiger partial charge >= 0.3 is 0 Å². The number of para-hydroxylation sites is 2. The van der Waals surface area contributed by atoms with Gasteiger partial charge < -0.3 is 26.2 Å². The summed E-state index contributed by atoms with van der Waals surface area (Å²) < 4.78 is 0. The Morgan fingerprint density at radius 3 is 2.25 bits per heavy atom. The number of anilines is 3. The fourth-order valence-electron chi connectivity index (χ4n) is 3.43. The number of ketones is 1. The number of rotatable bonds is 11. The predicted molar refractivity (Wildman–Crippen MR) is 140 cm³/mol. The highest BCUT2D eigenvalue weighted by molar-refractivity contribution is 6.35. The molecule has 0 saturated heterocycles. The third-order valence-corrected chi connectivity index (χ3v) is 5.72. The van der Waals surface area contributed by atoms with Gasteiger partial charge in [-0.25, -0.2) is 0 Å². The van der Waals surface area contributed by atoms with Crippen LogP contribution in [-0.4, -0.2) is 47.1 Å². The van der Waals surface area contributed by atoms with Gasteiger partial charge in [0.25, 0.3) is 0 Å². The Kier molecular flexibility index (Phi) is 9.58.